The number of carbonyl (C=O) groups is 1. The van der Waals surface area contributed by atoms with Crippen LogP contribution in [-0.2, 0) is 15.7 Å². The van der Waals surface area contributed by atoms with Gasteiger partial charge < -0.3 is 14.5 Å². The first-order chi connectivity index (χ1) is 13.8. The van der Waals surface area contributed by atoms with E-state index in [1.54, 1.807) is 0 Å². The number of nitrogens with zero attached hydrogens (tertiary/aromatic N) is 2. The zero-order valence-electron chi connectivity index (χ0n) is 15.9. The van der Waals surface area contributed by atoms with Crippen molar-refractivity contribution in [3.8, 4) is 0 Å². The number of halogens is 3. The first-order valence-electron chi connectivity index (χ1n) is 9.14. The number of nitrogens with one attached hydrogen (secondary N) is 1. The standard InChI is InChI=1S/C19H22F3N3O3S/c1-13-2-4-16(28-13)15(25-6-8-27-9-7-25)11-23-17(26)12-29-18-5-3-14(10-24-18)19(20,21)22/h2-5,10,15H,6-9,11-12H2,1H3,(H,23,26). The van der Waals surface area contributed by atoms with E-state index in [0.717, 1.165) is 48.6 Å². The van der Waals surface area contributed by atoms with Gasteiger partial charge in [-0.25, -0.2) is 4.98 Å². The summed E-state index contributed by atoms with van der Waals surface area (Å²) in [6, 6.07) is 5.91. The van der Waals surface area contributed by atoms with E-state index in [-0.39, 0.29) is 17.7 Å². The normalized spacial score (nSPS) is 16.6. The molecule has 0 spiro atoms. The molecule has 3 rings (SSSR count). The molecule has 158 valence electrons. The summed E-state index contributed by atoms with van der Waals surface area (Å²) >= 11 is 1.09. The van der Waals surface area contributed by atoms with Gasteiger partial charge in [0.1, 0.15) is 11.5 Å². The molecule has 2 aromatic heterocycles. The van der Waals surface area contributed by atoms with Crippen LogP contribution in [0.25, 0.3) is 0 Å². The van der Waals surface area contributed by atoms with Gasteiger partial charge in [-0.3, -0.25) is 9.69 Å². The number of morpholine rings is 1. The summed E-state index contributed by atoms with van der Waals surface area (Å²) in [7, 11) is 0. The van der Waals surface area contributed by atoms with Crippen molar-refractivity contribution in [1.82, 2.24) is 15.2 Å². The minimum absolute atomic E-state index is 0.0609. The number of pyridine rings is 1. The van der Waals surface area contributed by atoms with E-state index in [0.29, 0.717) is 24.8 Å². The monoisotopic (exact) mass is 429 g/mol. The van der Waals surface area contributed by atoms with Crippen LogP contribution in [0.4, 0.5) is 13.2 Å². The fraction of sp³-hybridized carbons (Fsp3) is 0.474. The highest BCUT2D eigenvalue weighted by atomic mass is 32.2. The fourth-order valence-electron chi connectivity index (χ4n) is 2.97. The zero-order chi connectivity index (χ0) is 20.9. The van der Waals surface area contributed by atoms with Crippen molar-refractivity contribution in [2.45, 2.75) is 24.2 Å². The summed E-state index contributed by atoms with van der Waals surface area (Å²) in [5.74, 6) is 1.42. The van der Waals surface area contributed by atoms with Crippen LogP contribution < -0.4 is 5.32 Å². The van der Waals surface area contributed by atoms with Crippen molar-refractivity contribution in [3.63, 3.8) is 0 Å². The molecular formula is C19H22F3N3O3S. The van der Waals surface area contributed by atoms with Crippen molar-refractivity contribution < 1.29 is 27.1 Å². The molecule has 1 fully saturated rings. The molecule has 0 bridgehead atoms. The van der Waals surface area contributed by atoms with E-state index in [9.17, 15) is 18.0 Å². The quantitative estimate of drug-likeness (QED) is 0.682. The summed E-state index contributed by atoms with van der Waals surface area (Å²) in [4.78, 5) is 18.2. The third-order valence-corrected chi connectivity index (χ3v) is 5.43. The Morgan fingerprint density at radius 3 is 2.62 bits per heavy atom. The number of alkyl halides is 3. The Kier molecular flexibility index (Phi) is 7.20. The molecule has 1 atom stereocenters. The van der Waals surface area contributed by atoms with Crippen LogP contribution in [0.15, 0.2) is 39.9 Å². The SMILES string of the molecule is Cc1ccc(C(CNC(=O)CSc2ccc(C(F)(F)F)cn2)N2CCOCC2)o1. The van der Waals surface area contributed by atoms with Gasteiger partial charge in [0.25, 0.3) is 0 Å². The van der Waals surface area contributed by atoms with Gasteiger partial charge in [0, 0.05) is 25.8 Å². The lowest BCUT2D eigenvalue weighted by Gasteiger charge is -2.33. The van der Waals surface area contributed by atoms with Crippen LogP contribution in [0.2, 0.25) is 0 Å². The summed E-state index contributed by atoms with van der Waals surface area (Å²) in [5.41, 5.74) is -0.812. The average molecular weight is 429 g/mol. The Balaban J connectivity index is 1.53. The predicted octanol–water partition coefficient (Wildman–Crippen LogP) is 3.28. The lowest BCUT2D eigenvalue weighted by molar-refractivity contribution is -0.137. The molecule has 10 heteroatoms. The first kappa shape index (κ1) is 21.7. The highest BCUT2D eigenvalue weighted by molar-refractivity contribution is 7.99. The van der Waals surface area contributed by atoms with Gasteiger partial charge in [-0.2, -0.15) is 13.2 Å². The Bertz CT molecular complexity index is 805. The van der Waals surface area contributed by atoms with Crippen LogP contribution >= 0.6 is 11.8 Å². The fourth-order valence-corrected chi connectivity index (χ4v) is 3.64. The van der Waals surface area contributed by atoms with E-state index >= 15 is 0 Å². The summed E-state index contributed by atoms with van der Waals surface area (Å²) in [6.07, 6.45) is -3.65. The number of amides is 1. The van der Waals surface area contributed by atoms with Crippen molar-refractivity contribution >= 4 is 17.7 Å². The maximum Gasteiger partial charge on any atom is 0.417 e. The number of hydrogen-bond acceptors (Lipinski definition) is 6. The molecule has 1 N–H and O–H groups in total. The predicted molar refractivity (Wildman–Crippen MR) is 102 cm³/mol. The van der Waals surface area contributed by atoms with Crippen LogP contribution in [0, 0.1) is 6.92 Å². The van der Waals surface area contributed by atoms with E-state index < -0.39 is 11.7 Å². The number of thioether (sulfide) groups is 1. The molecule has 2 aromatic rings. The lowest BCUT2D eigenvalue weighted by Crippen LogP contribution is -2.44. The highest BCUT2D eigenvalue weighted by Gasteiger charge is 2.30. The van der Waals surface area contributed by atoms with Gasteiger partial charge in [0.2, 0.25) is 5.91 Å². The molecule has 1 amide bonds. The molecule has 0 radical (unpaired) electrons. The number of aromatic nitrogens is 1. The van der Waals surface area contributed by atoms with Crippen molar-refractivity contribution in [1.29, 1.82) is 0 Å². The summed E-state index contributed by atoms with van der Waals surface area (Å²) in [5, 5.41) is 3.24. The molecule has 6 nitrogen and oxygen atoms in total. The smallest absolute Gasteiger partial charge is 0.417 e. The van der Waals surface area contributed by atoms with Gasteiger partial charge in [-0.15, -0.1) is 0 Å². The molecule has 0 aliphatic carbocycles. The van der Waals surface area contributed by atoms with Crippen molar-refractivity contribution in [2.75, 3.05) is 38.6 Å². The second-order valence-corrected chi connectivity index (χ2v) is 7.58. The number of rotatable bonds is 7. The number of carbonyl (C=O) groups excluding carboxylic acids is 1. The van der Waals surface area contributed by atoms with Crippen LogP contribution in [0.3, 0.4) is 0 Å². The maximum absolute atomic E-state index is 12.6. The third kappa shape index (κ3) is 6.22. The molecule has 29 heavy (non-hydrogen) atoms. The minimum Gasteiger partial charge on any atom is -0.465 e. The number of ether oxygens (including phenoxy) is 1. The summed E-state index contributed by atoms with van der Waals surface area (Å²) < 4.78 is 48.9. The number of aryl methyl sites for hydroxylation is 1. The molecule has 3 heterocycles. The molecule has 0 aromatic carbocycles. The Morgan fingerprint density at radius 1 is 1.28 bits per heavy atom. The first-order valence-corrected chi connectivity index (χ1v) is 10.1. The van der Waals surface area contributed by atoms with Gasteiger partial charge >= 0.3 is 6.18 Å². The molecule has 1 aliphatic heterocycles. The largest absolute Gasteiger partial charge is 0.465 e. The average Bonchev–Trinajstić information content (AvgIpc) is 3.13. The summed E-state index contributed by atoms with van der Waals surface area (Å²) in [6.45, 7) is 4.97. The molecular weight excluding hydrogens is 407 g/mol. The van der Waals surface area contributed by atoms with Gasteiger partial charge in [0.05, 0.1) is 35.6 Å². The van der Waals surface area contributed by atoms with Crippen molar-refractivity contribution in [2.24, 2.45) is 0 Å². The molecule has 1 unspecified atom stereocenters. The van der Waals surface area contributed by atoms with Gasteiger partial charge in [0.15, 0.2) is 0 Å². The van der Waals surface area contributed by atoms with Gasteiger partial charge in [-0.1, -0.05) is 11.8 Å². The molecule has 0 saturated carbocycles. The number of hydrogen-bond donors (Lipinski definition) is 1. The zero-order valence-corrected chi connectivity index (χ0v) is 16.7. The third-order valence-electron chi connectivity index (χ3n) is 4.48. The minimum atomic E-state index is -4.42. The maximum atomic E-state index is 12.6. The van der Waals surface area contributed by atoms with E-state index in [1.807, 2.05) is 19.1 Å². The van der Waals surface area contributed by atoms with E-state index in [1.165, 1.54) is 6.07 Å². The van der Waals surface area contributed by atoms with Gasteiger partial charge in [-0.05, 0) is 31.2 Å². The second kappa shape index (κ2) is 9.64. The van der Waals surface area contributed by atoms with E-state index in [2.05, 4.69) is 15.2 Å². The van der Waals surface area contributed by atoms with Crippen LogP contribution in [0.5, 0.6) is 0 Å². The van der Waals surface area contributed by atoms with E-state index in [4.69, 9.17) is 9.15 Å². The second-order valence-electron chi connectivity index (χ2n) is 6.59. The Labute approximate surface area is 170 Å². The van der Waals surface area contributed by atoms with Crippen LogP contribution in [-0.4, -0.2) is 54.4 Å². The Morgan fingerprint density at radius 2 is 2.03 bits per heavy atom. The lowest BCUT2D eigenvalue weighted by atomic mass is 10.1. The van der Waals surface area contributed by atoms with Crippen LogP contribution in [0.1, 0.15) is 23.1 Å². The molecule has 1 aliphatic rings. The Hall–Kier alpha value is -2.04. The van der Waals surface area contributed by atoms with Crippen molar-refractivity contribution in [3.05, 3.63) is 47.5 Å². The number of furan rings is 1. The highest BCUT2D eigenvalue weighted by Crippen LogP contribution is 2.29. The molecule has 1 saturated heterocycles. The topological polar surface area (TPSA) is 67.6 Å².